The summed E-state index contributed by atoms with van der Waals surface area (Å²) in [5.41, 5.74) is 2.26. The van der Waals surface area contributed by atoms with Crippen LogP contribution in [0, 0.1) is 0 Å². The molecule has 0 fully saturated rings. The largest absolute Gasteiger partial charge is 0.349 e. The SMILES string of the molecule is CCOC(OCC)/C(=C/c1ccccc1)CBr. The van der Waals surface area contributed by atoms with Crippen LogP contribution in [-0.4, -0.2) is 24.8 Å². The molecule has 0 spiro atoms. The van der Waals surface area contributed by atoms with Crippen molar-refractivity contribution in [2.24, 2.45) is 0 Å². The molecule has 0 bridgehead atoms. The number of hydrogen-bond donors (Lipinski definition) is 0. The van der Waals surface area contributed by atoms with Crippen molar-refractivity contribution in [3.8, 4) is 0 Å². The van der Waals surface area contributed by atoms with E-state index < -0.39 is 0 Å². The van der Waals surface area contributed by atoms with E-state index in [1.807, 2.05) is 32.0 Å². The summed E-state index contributed by atoms with van der Waals surface area (Å²) in [6.45, 7) is 5.23. The summed E-state index contributed by atoms with van der Waals surface area (Å²) in [6.07, 6.45) is 1.84. The van der Waals surface area contributed by atoms with E-state index >= 15 is 0 Å². The number of halogens is 1. The van der Waals surface area contributed by atoms with E-state index in [0.29, 0.717) is 13.2 Å². The fraction of sp³-hybridized carbons (Fsp3) is 0.429. The predicted octanol–water partition coefficient (Wildman–Crippen LogP) is 3.86. The normalized spacial score (nSPS) is 12.1. The third kappa shape index (κ3) is 5.02. The number of ether oxygens (including phenoxy) is 2. The molecule has 94 valence electrons. The van der Waals surface area contributed by atoms with Crippen LogP contribution in [0.2, 0.25) is 0 Å². The molecule has 0 aliphatic rings. The number of hydrogen-bond acceptors (Lipinski definition) is 2. The predicted molar refractivity (Wildman–Crippen MR) is 75.3 cm³/mol. The first-order valence-corrected chi connectivity index (χ1v) is 6.98. The van der Waals surface area contributed by atoms with Gasteiger partial charge in [-0.2, -0.15) is 0 Å². The molecule has 0 saturated carbocycles. The van der Waals surface area contributed by atoms with Crippen LogP contribution in [0.15, 0.2) is 35.9 Å². The maximum Gasteiger partial charge on any atom is 0.180 e. The maximum atomic E-state index is 5.59. The fourth-order valence-corrected chi connectivity index (χ4v) is 1.92. The first kappa shape index (κ1) is 14.4. The van der Waals surface area contributed by atoms with Crippen LogP contribution < -0.4 is 0 Å². The Morgan fingerprint density at radius 3 is 2.24 bits per heavy atom. The third-order valence-corrected chi connectivity index (χ3v) is 2.89. The van der Waals surface area contributed by atoms with E-state index in [4.69, 9.17) is 9.47 Å². The van der Waals surface area contributed by atoms with Crippen LogP contribution in [0.1, 0.15) is 19.4 Å². The summed E-state index contributed by atoms with van der Waals surface area (Å²) < 4.78 is 11.2. The zero-order valence-electron chi connectivity index (χ0n) is 10.4. The van der Waals surface area contributed by atoms with Gasteiger partial charge in [0.25, 0.3) is 0 Å². The second-order valence-electron chi connectivity index (χ2n) is 3.51. The van der Waals surface area contributed by atoms with Gasteiger partial charge in [-0.15, -0.1) is 0 Å². The highest BCUT2D eigenvalue weighted by atomic mass is 79.9. The van der Waals surface area contributed by atoms with E-state index in [1.54, 1.807) is 0 Å². The molecular weight excluding hydrogens is 280 g/mol. The van der Waals surface area contributed by atoms with Crippen molar-refractivity contribution in [1.29, 1.82) is 0 Å². The standard InChI is InChI=1S/C14H19BrO2/c1-3-16-14(17-4-2)13(11-15)10-12-8-6-5-7-9-12/h5-10,14H,3-4,11H2,1-2H3/b13-10+. The van der Waals surface area contributed by atoms with Gasteiger partial charge in [-0.25, -0.2) is 0 Å². The van der Waals surface area contributed by atoms with Crippen molar-refractivity contribution >= 4 is 22.0 Å². The van der Waals surface area contributed by atoms with E-state index in [0.717, 1.165) is 16.5 Å². The molecule has 0 heterocycles. The Morgan fingerprint density at radius 1 is 1.18 bits per heavy atom. The smallest absolute Gasteiger partial charge is 0.180 e. The Labute approximate surface area is 112 Å². The van der Waals surface area contributed by atoms with Crippen LogP contribution in [0.4, 0.5) is 0 Å². The van der Waals surface area contributed by atoms with E-state index in [1.165, 1.54) is 0 Å². The van der Waals surface area contributed by atoms with E-state index in [2.05, 4.69) is 34.1 Å². The molecule has 0 aromatic heterocycles. The summed E-state index contributed by atoms with van der Waals surface area (Å²) in [4.78, 5) is 0. The minimum absolute atomic E-state index is 0.260. The number of benzene rings is 1. The maximum absolute atomic E-state index is 5.59. The Hall–Kier alpha value is -0.640. The zero-order valence-corrected chi connectivity index (χ0v) is 11.9. The lowest BCUT2D eigenvalue weighted by molar-refractivity contribution is -0.110. The lowest BCUT2D eigenvalue weighted by atomic mass is 10.1. The summed E-state index contributed by atoms with van der Waals surface area (Å²) in [5.74, 6) is 0. The molecule has 0 saturated heterocycles. The average molecular weight is 299 g/mol. The summed E-state index contributed by atoms with van der Waals surface area (Å²) in [5, 5.41) is 0.743. The van der Waals surface area contributed by atoms with Crippen LogP contribution in [0.5, 0.6) is 0 Å². The quantitative estimate of drug-likeness (QED) is 0.562. The molecule has 3 heteroatoms. The zero-order chi connectivity index (χ0) is 12.5. The average Bonchev–Trinajstić information content (AvgIpc) is 2.37. The third-order valence-electron chi connectivity index (χ3n) is 2.24. The molecule has 0 aliphatic carbocycles. The lowest BCUT2D eigenvalue weighted by Gasteiger charge is -2.19. The molecule has 1 rings (SSSR count). The Kier molecular flexibility index (Phi) is 7.17. The molecule has 0 amide bonds. The molecular formula is C14H19BrO2. The molecule has 0 N–H and O–H groups in total. The minimum Gasteiger partial charge on any atom is -0.349 e. The van der Waals surface area contributed by atoms with E-state index in [9.17, 15) is 0 Å². The van der Waals surface area contributed by atoms with Crippen molar-refractivity contribution in [1.82, 2.24) is 0 Å². The summed E-state index contributed by atoms with van der Waals surface area (Å²) >= 11 is 3.49. The fourth-order valence-electron chi connectivity index (χ4n) is 1.50. The number of rotatable bonds is 7. The first-order valence-electron chi connectivity index (χ1n) is 5.86. The van der Waals surface area contributed by atoms with Gasteiger partial charge in [-0.05, 0) is 31.1 Å². The van der Waals surface area contributed by atoms with Crippen LogP contribution in [-0.2, 0) is 9.47 Å². The Bertz CT molecular complexity index is 329. The van der Waals surface area contributed by atoms with Gasteiger partial charge >= 0.3 is 0 Å². The molecule has 0 aliphatic heterocycles. The van der Waals surface area contributed by atoms with Crippen LogP contribution >= 0.6 is 15.9 Å². The van der Waals surface area contributed by atoms with E-state index in [-0.39, 0.29) is 6.29 Å². The summed E-state index contributed by atoms with van der Waals surface area (Å²) in [7, 11) is 0. The van der Waals surface area contributed by atoms with Gasteiger partial charge in [-0.3, -0.25) is 0 Å². The van der Waals surface area contributed by atoms with Gasteiger partial charge < -0.3 is 9.47 Å². The molecule has 0 unspecified atom stereocenters. The van der Waals surface area contributed by atoms with Crippen molar-refractivity contribution in [3.63, 3.8) is 0 Å². The van der Waals surface area contributed by atoms with Crippen molar-refractivity contribution < 1.29 is 9.47 Å². The first-order chi connectivity index (χ1) is 8.31. The van der Waals surface area contributed by atoms with Crippen molar-refractivity contribution in [2.45, 2.75) is 20.1 Å². The highest BCUT2D eigenvalue weighted by Crippen LogP contribution is 2.16. The molecule has 17 heavy (non-hydrogen) atoms. The van der Waals surface area contributed by atoms with Gasteiger partial charge in [0, 0.05) is 18.5 Å². The topological polar surface area (TPSA) is 18.5 Å². The highest BCUT2D eigenvalue weighted by Gasteiger charge is 2.13. The second kappa shape index (κ2) is 8.45. The molecule has 0 radical (unpaired) electrons. The van der Waals surface area contributed by atoms with Crippen molar-refractivity contribution in [2.75, 3.05) is 18.5 Å². The van der Waals surface area contributed by atoms with Crippen LogP contribution in [0.3, 0.4) is 0 Å². The molecule has 1 aromatic carbocycles. The Balaban J connectivity index is 2.83. The molecule has 1 aromatic rings. The Morgan fingerprint density at radius 2 is 1.76 bits per heavy atom. The lowest BCUT2D eigenvalue weighted by Crippen LogP contribution is -2.20. The number of alkyl halides is 1. The van der Waals surface area contributed by atoms with Gasteiger partial charge in [0.1, 0.15) is 0 Å². The minimum atomic E-state index is -0.260. The highest BCUT2D eigenvalue weighted by molar-refractivity contribution is 9.09. The molecule has 0 atom stereocenters. The van der Waals surface area contributed by atoms with Crippen molar-refractivity contribution in [3.05, 3.63) is 41.5 Å². The molecule has 2 nitrogen and oxygen atoms in total. The van der Waals surface area contributed by atoms with Crippen LogP contribution in [0.25, 0.3) is 6.08 Å². The van der Waals surface area contributed by atoms with Gasteiger partial charge in [0.15, 0.2) is 6.29 Å². The van der Waals surface area contributed by atoms with Gasteiger partial charge in [0.05, 0.1) is 0 Å². The van der Waals surface area contributed by atoms with Gasteiger partial charge in [-0.1, -0.05) is 46.3 Å². The summed E-state index contributed by atoms with van der Waals surface area (Å²) in [6, 6.07) is 10.2. The second-order valence-corrected chi connectivity index (χ2v) is 4.07. The van der Waals surface area contributed by atoms with Gasteiger partial charge in [0.2, 0.25) is 0 Å². The monoisotopic (exact) mass is 298 g/mol.